The molecule has 0 radical (unpaired) electrons. The Morgan fingerprint density at radius 3 is 3.00 bits per heavy atom. The zero-order chi connectivity index (χ0) is 12.1. The van der Waals surface area contributed by atoms with Crippen molar-refractivity contribution in [2.45, 2.75) is 25.9 Å². The third-order valence-corrected chi connectivity index (χ3v) is 2.61. The summed E-state index contributed by atoms with van der Waals surface area (Å²) in [6.07, 6.45) is 4.73. The van der Waals surface area contributed by atoms with E-state index in [0.717, 1.165) is 18.7 Å². The highest BCUT2D eigenvalue weighted by Crippen LogP contribution is 2.16. The van der Waals surface area contributed by atoms with E-state index >= 15 is 0 Å². The number of aromatic nitrogens is 2. The second kappa shape index (κ2) is 5.39. The highest BCUT2D eigenvalue weighted by Gasteiger charge is 2.03. The van der Waals surface area contributed by atoms with Gasteiger partial charge >= 0.3 is 0 Å². The Kier molecular flexibility index (Phi) is 3.65. The van der Waals surface area contributed by atoms with Crippen LogP contribution >= 0.6 is 0 Å². The monoisotopic (exact) mass is 231 g/mol. The molecule has 0 saturated heterocycles. The summed E-state index contributed by atoms with van der Waals surface area (Å²) in [5.74, 6) is 0.286. The zero-order valence-electron chi connectivity index (χ0n) is 9.87. The molecule has 90 valence electrons. The van der Waals surface area contributed by atoms with Gasteiger partial charge in [0.15, 0.2) is 0 Å². The Labute approximate surface area is 101 Å². The van der Waals surface area contributed by atoms with Crippen LogP contribution in [0.4, 0.5) is 5.69 Å². The van der Waals surface area contributed by atoms with Crippen molar-refractivity contribution in [2.75, 3.05) is 5.32 Å². The lowest BCUT2D eigenvalue weighted by Gasteiger charge is -2.15. The second-order valence-corrected chi connectivity index (χ2v) is 4.15. The Morgan fingerprint density at radius 1 is 1.41 bits per heavy atom. The van der Waals surface area contributed by atoms with E-state index < -0.39 is 0 Å². The topological polar surface area (TPSA) is 50.1 Å². The van der Waals surface area contributed by atoms with Crippen LogP contribution < -0.4 is 5.32 Å². The average Bonchev–Trinajstić information content (AvgIpc) is 2.79. The molecule has 0 spiro atoms. The molecule has 4 nitrogen and oxygen atoms in total. The molecule has 0 aliphatic rings. The van der Waals surface area contributed by atoms with Crippen molar-refractivity contribution < 1.29 is 5.11 Å². The first kappa shape index (κ1) is 11.5. The van der Waals surface area contributed by atoms with Crippen LogP contribution in [0.25, 0.3) is 0 Å². The van der Waals surface area contributed by atoms with Gasteiger partial charge in [-0.15, -0.1) is 0 Å². The lowest BCUT2D eigenvalue weighted by Crippen LogP contribution is -2.17. The molecule has 0 fully saturated rings. The predicted molar refractivity (Wildman–Crippen MR) is 68.0 cm³/mol. The van der Waals surface area contributed by atoms with Crippen molar-refractivity contribution in [3.05, 3.63) is 42.7 Å². The van der Waals surface area contributed by atoms with Crippen LogP contribution in [0.5, 0.6) is 5.75 Å². The maximum Gasteiger partial charge on any atom is 0.117 e. The van der Waals surface area contributed by atoms with Crippen LogP contribution in [-0.2, 0) is 6.54 Å². The normalized spacial score (nSPS) is 12.3. The van der Waals surface area contributed by atoms with Crippen LogP contribution in [0.1, 0.15) is 13.3 Å². The van der Waals surface area contributed by atoms with Crippen LogP contribution in [-0.4, -0.2) is 20.9 Å². The van der Waals surface area contributed by atoms with E-state index in [1.54, 1.807) is 18.3 Å². The standard InChI is InChI=1S/C13H17N3O/c1-11(6-9-16-8-3-7-14-16)15-12-4-2-5-13(17)10-12/h2-5,7-8,10-11,15,17H,6,9H2,1H3/t11-/m1/s1. The van der Waals surface area contributed by atoms with Crippen molar-refractivity contribution in [1.82, 2.24) is 9.78 Å². The number of phenols is 1. The molecule has 2 N–H and O–H groups in total. The van der Waals surface area contributed by atoms with Crippen molar-refractivity contribution in [1.29, 1.82) is 0 Å². The van der Waals surface area contributed by atoms with Crippen LogP contribution in [0, 0.1) is 0 Å². The minimum atomic E-state index is 0.286. The fourth-order valence-electron chi connectivity index (χ4n) is 1.71. The molecule has 1 aromatic heterocycles. The van der Waals surface area contributed by atoms with Gasteiger partial charge in [0.1, 0.15) is 5.75 Å². The van der Waals surface area contributed by atoms with Gasteiger partial charge in [0.2, 0.25) is 0 Å². The third-order valence-electron chi connectivity index (χ3n) is 2.61. The molecule has 4 heteroatoms. The molecule has 0 amide bonds. The number of aryl methyl sites for hydroxylation is 1. The summed E-state index contributed by atoms with van der Waals surface area (Å²) in [5, 5.41) is 16.9. The van der Waals surface area contributed by atoms with Crippen LogP contribution in [0.2, 0.25) is 0 Å². The van der Waals surface area contributed by atoms with E-state index in [9.17, 15) is 5.11 Å². The fraction of sp³-hybridized carbons (Fsp3) is 0.308. The number of aromatic hydroxyl groups is 1. The second-order valence-electron chi connectivity index (χ2n) is 4.15. The van der Waals surface area contributed by atoms with Crippen molar-refractivity contribution in [3.63, 3.8) is 0 Å². The van der Waals surface area contributed by atoms with E-state index in [2.05, 4.69) is 17.3 Å². The van der Waals surface area contributed by atoms with Gasteiger partial charge in [0.25, 0.3) is 0 Å². The highest BCUT2D eigenvalue weighted by atomic mass is 16.3. The zero-order valence-corrected chi connectivity index (χ0v) is 9.87. The van der Waals surface area contributed by atoms with Gasteiger partial charge in [-0.25, -0.2) is 0 Å². The number of hydrogen-bond donors (Lipinski definition) is 2. The van der Waals surface area contributed by atoms with Gasteiger partial charge in [-0.3, -0.25) is 4.68 Å². The third kappa shape index (κ3) is 3.52. The highest BCUT2D eigenvalue weighted by molar-refractivity contribution is 5.48. The van der Waals surface area contributed by atoms with E-state index in [1.165, 1.54) is 0 Å². The summed E-state index contributed by atoms with van der Waals surface area (Å²) < 4.78 is 1.92. The average molecular weight is 231 g/mol. The van der Waals surface area contributed by atoms with Gasteiger partial charge in [0.05, 0.1) is 0 Å². The summed E-state index contributed by atoms with van der Waals surface area (Å²) in [7, 11) is 0. The number of nitrogens with zero attached hydrogens (tertiary/aromatic N) is 2. The van der Waals surface area contributed by atoms with E-state index in [0.29, 0.717) is 6.04 Å². The minimum absolute atomic E-state index is 0.286. The van der Waals surface area contributed by atoms with Crippen molar-refractivity contribution in [3.8, 4) is 5.75 Å². The molecular weight excluding hydrogens is 214 g/mol. The molecule has 1 aromatic carbocycles. The SMILES string of the molecule is C[C@H](CCn1cccn1)Nc1cccc(O)c1. The predicted octanol–water partition coefficient (Wildman–Crippen LogP) is 2.48. The van der Waals surface area contributed by atoms with Gasteiger partial charge in [-0.1, -0.05) is 6.07 Å². The molecule has 0 bridgehead atoms. The Balaban J connectivity index is 1.83. The number of anilines is 1. The first-order chi connectivity index (χ1) is 8.24. The van der Waals surface area contributed by atoms with Crippen molar-refractivity contribution in [2.24, 2.45) is 0 Å². The molecular formula is C13H17N3O. The van der Waals surface area contributed by atoms with Crippen LogP contribution in [0.15, 0.2) is 42.7 Å². The molecule has 2 aromatic rings. The summed E-state index contributed by atoms with van der Waals surface area (Å²) >= 11 is 0. The van der Waals surface area contributed by atoms with E-state index in [1.807, 2.05) is 29.1 Å². The molecule has 0 unspecified atom stereocenters. The smallest absolute Gasteiger partial charge is 0.117 e. The maximum atomic E-state index is 9.35. The number of rotatable bonds is 5. The molecule has 0 saturated carbocycles. The molecule has 0 aliphatic carbocycles. The van der Waals surface area contributed by atoms with E-state index in [-0.39, 0.29) is 5.75 Å². The van der Waals surface area contributed by atoms with Gasteiger partial charge in [-0.05, 0) is 31.5 Å². The lowest BCUT2D eigenvalue weighted by molar-refractivity contribution is 0.475. The molecule has 1 atom stereocenters. The largest absolute Gasteiger partial charge is 0.508 e. The first-order valence-electron chi connectivity index (χ1n) is 5.77. The number of hydrogen-bond acceptors (Lipinski definition) is 3. The molecule has 1 heterocycles. The Morgan fingerprint density at radius 2 is 2.29 bits per heavy atom. The fourth-order valence-corrected chi connectivity index (χ4v) is 1.71. The Hall–Kier alpha value is -1.97. The van der Waals surface area contributed by atoms with Gasteiger partial charge in [0, 0.05) is 36.7 Å². The summed E-state index contributed by atoms with van der Waals surface area (Å²) in [6, 6.07) is 9.43. The number of benzene rings is 1. The van der Waals surface area contributed by atoms with Crippen molar-refractivity contribution >= 4 is 5.69 Å². The minimum Gasteiger partial charge on any atom is -0.508 e. The number of nitrogens with one attached hydrogen (secondary N) is 1. The summed E-state index contributed by atoms with van der Waals surface area (Å²) in [5.41, 5.74) is 0.943. The Bertz CT molecular complexity index is 453. The quantitative estimate of drug-likeness (QED) is 0.831. The molecule has 0 aliphatic heterocycles. The summed E-state index contributed by atoms with van der Waals surface area (Å²) in [6.45, 7) is 3.01. The number of phenolic OH excluding ortho intramolecular Hbond substituents is 1. The van der Waals surface area contributed by atoms with Gasteiger partial charge < -0.3 is 10.4 Å². The maximum absolute atomic E-state index is 9.35. The molecule has 2 rings (SSSR count). The molecule has 17 heavy (non-hydrogen) atoms. The van der Waals surface area contributed by atoms with Crippen LogP contribution in [0.3, 0.4) is 0 Å². The lowest BCUT2D eigenvalue weighted by atomic mass is 10.2. The first-order valence-corrected chi connectivity index (χ1v) is 5.77. The summed E-state index contributed by atoms with van der Waals surface area (Å²) in [4.78, 5) is 0. The van der Waals surface area contributed by atoms with Gasteiger partial charge in [-0.2, -0.15) is 5.10 Å². The van der Waals surface area contributed by atoms with E-state index in [4.69, 9.17) is 0 Å².